The summed E-state index contributed by atoms with van der Waals surface area (Å²) < 4.78 is 9.49. The second kappa shape index (κ2) is 17.6. The highest BCUT2D eigenvalue weighted by molar-refractivity contribution is 6.09. The van der Waals surface area contributed by atoms with E-state index in [4.69, 9.17) is 14.4 Å². The van der Waals surface area contributed by atoms with Crippen LogP contribution in [0.25, 0.3) is 94.7 Å². The summed E-state index contributed by atoms with van der Waals surface area (Å²) in [6.07, 6.45) is 1.92. The van der Waals surface area contributed by atoms with Crippen molar-refractivity contribution in [2.45, 2.75) is 118 Å². The summed E-state index contributed by atoms with van der Waals surface area (Å²) in [4.78, 5) is 10.8. The average Bonchev–Trinajstić information content (AvgIpc) is 3.91. The number of phenols is 1. The Bertz CT molecular complexity index is 3640. The number of rotatable bonds is 8. The number of para-hydroxylation sites is 1. The zero-order chi connectivity index (χ0) is 50.3. The number of nitrogens with zero attached hydrogens (tertiary/aromatic N) is 3. The maximum Gasteiger partial charge on any atom is 0.149 e. The van der Waals surface area contributed by atoms with E-state index >= 15 is 0 Å². The second-order valence-corrected chi connectivity index (χ2v) is 23.3. The summed E-state index contributed by atoms with van der Waals surface area (Å²) in [6, 6.07) is 52.1. The van der Waals surface area contributed by atoms with Crippen molar-refractivity contribution in [3.05, 3.63) is 180 Å². The van der Waals surface area contributed by atoms with Crippen LogP contribution in [-0.4, -0.2) is 19.6 Å². The van der Waals surface area contributed by atoms with Crippen molar-refractivity contribution in [1.29, 1.82) is 0 Å². The van der Waals surface area contributed by atoms with Crippen LogP contribution in [0.5, 0.6) is 5.75 Å². The highest BCUT2D eigenvalue weighted by atomic mass is 16.3. The van der Waals surface area contributed by atoms with Gasteiger partial charge in [0.15, 0.2) is 0 Å². The Balaban J connectivity index is 1.31. The minimum absolute atomic E-state index is 0.0543. The number of imidazole rings is 1. The van der Waals surface area contributed by atoms with Crippen molar-refractivity contribution in [2.24, 2.45) is 0 Å². The van der Waals surface area contributed by atoms with Gasteiger partial charge in [-0.2, -0.15) is 0 Å². The third-order valence-corrected chi connectivity index (χ3v) is 14.3. The molecule has 0 aliphatic carbocycles. The lowest BCUT2D eigenvalue weighted by Crippen LogP contribution is -2.17. The highest BCUT2D eigenvalue weighted by Crippen LogP contribution is 2.49. The van der Waals surface area contributed by atoms with E-state index in [2.05, 4.69) is 240 Å². The van der Waals surface area contributed by atoms with Crippen molar-refractivity contribution in [1.82, 2.24) is 14.5 Å². The molecule has 3 aromatic heterocycles. The Morgan fingerprint density at radius 2 is 1.15 bits per heavy atom. The zero-order valence-electron chi connectivity index (χ0n) is 43.8. The minimum Gasteiger partial charge on any atom is -0.507 e. The molecule has 0 spiro atoms. The molecular formula is C66H67N3O2. The lowest BCUT2D eigenvalue weighted by atomic mass is 9.78. The molecule has 0 aliphatic rings. The Labute approximate surface area is 420 Å². The van der Waals surface area contributed by atoms with E-state index in [1.807, 2.05) is 6.20 Å². The predicted octanol–water partition coefficient (Wildman–Crippen LogP) is 18.5. The number of hydrogen-bond donors (Lipinski definition) is 1. The fourth-order valence-corrected chi connectivity index (χ4v) is 10.3. The first-order valence-corrected chi connectivity index (χ1v) is 25.3. The molecule has 5 nitrogen and oxygen atoms in total. The molecule has 5 heteroatoms. The number of hydrogen-bond acceptors (Lipinski definition) is 4. The van der Waals surface area contributed by atoms with Crippen LogP contribution >= 0.6 is 0 Å². The molecule has 71 heavy (non-hydrogen) atoms. The standard InChI is InChI=1S/C66H67N3O2/c1-39(2)51-38-52-50-28-27-43(41-21-16-14-17-22-41)35-57(50)71-62(52)58(40(3)4)60(51)69-56-26-20-25-49(59(56)68-63(69)53-36-48(65(8,9)10)37-54(61(53)70)66(11,12)13)45-31-46(33-47(32-45)64(5,6)7)55-34-44(29-30-67-55)42-23-18-15-19-24-42/h14-40,70H,1-13H3. The van der Waals surface area contributed by atoms with Crippen molar-refractivity contribution in [3.8, 4) is 67.5 Å². The van der Waals surface area contributed by atoms with Crippen LogP contribution < -0.4 is 0 Å². The van der Waals surface area contributed by atoms with Crippen molar-refractivity contribution in [3.63, 3.8) is 0 Å². The number of fused-ring (bicyclic) bond motifs is 4. The van der Waals surface area contributed by atoms with Crippen LogP contribution in [0.2, 0.25) is 0 Å². The lowest BCUT2D eigenvalue weighted by Gasteiger charge is -2.28. The quantitative estimate of drug-likeness (QED) is 0.165. The number of aromatic nitrogens is 3. The second-order valence-electron chi connectivity index (χ2n) is 23.3. The first-order chi connectivity index (χ1) is 33.7. The van der Waals surface area contributed by atoms with Crippen LogP contribution in [0.1, 0.15) is 130 Å². The SMILES string of the molecule is CC(C)c1cc2c(oc3cc(-c4ccccc4)ccc32)c(C(C)C)c1-n1c(-c2cc(C(C)(C)C)cc(C(C)(C)C)c2O)nc2c(-c3cc(-c4cc(-c5ccccc5)ccn4)cc(C(C)(C)C)c3)cccc21. The van der Waals surface area contributed by atoms with Gasteiger partial charge in [0.25, 0.3) is 0 Å². The van der Waals surface area contributed by atoms with Gasteiger partial charge in [0.05, 0.1) is 28.0 Å². The minimum atomic E-state index is -0.351. The Hall–Kier alpha value is -7.24. The largest absolute Gasteiger partial charge is 0.507 e. The maximum atomic E-state index is 12.8. The fourth-order valence-electron chi connectivity index (χ4n) is 10.3. The molecule has 0 bridgehead atoms. The van der Waals surface area contributed by atoms with Gasteiger partial charge in [-0.3, -0.25) is 9.55 Å². The summed E-state index contributed by atoms with van der Waals surface area (Å²) in [5, 5.41) is 15.0. The number of furan rings is 1. The van der Waals surface area contributed by atoms with Gasteiger partial charge >= 0.3 is 0 Å². The zero-order valence-corrected chi connectivity index (χ0v) is 43.8. The van der Waals surface area contributed by atoms with Crippen LogP contribution in [0.15, 0.2) is 156 Å². The summed E-state index contributed by atoms with van der Waals surface area (Å²) in [5.41, 5.74) is 18.6. The van der Waals surface area contributed by atoms with E-state index < -0.39 is 0 Å². The molecule has 10 rings (SSSR count). The van der Waals surface area contributed by atoms with E-state index in [-0.39, 0.29) is 33.8 Å². The van der Waals surface area contributed by atoms with Crippen LogP contribution in [0.3, 0.4) is 0 Å². The van der Waals surface area contributed by atoms with E-state index in [9.17, 15) is 5.11 Å². The van der Waals surface area contributed by atoms with Gasteiger partial charge in [0, 0.05) is 39.2 Å². The highest BCUT2D eigenvalue weighted by Gasteiger charge is 2.32. The van der Waals surface area contributed by atoms with Crippen LogP contribution in [0, 0.1) is 0 Å². The predicted molar refractivity (Wildman–Crippen MR) is 299 cm³/mol. The number of aromatic hydroxyl groups is 1. The summed E-state index contributed by atoms with van der Waals surface area (Å²) in [5.74, 6) is 1.12. The third-order valence-electron chi connectivity index (χ3n) is 14.3. The van der Waals surface area contributed by atoms with Crippen molar-refractivity contribution < 1.29 is 9.52 Å². The van der Waals surface area contributed by atoms with Gasteiger partial charge in [-0.05, 0) is 127 Å². The van der Waals surface area contributed by atoms with Crippen molar-refractivity contribution >= 4 is 33.0 Å². The molecule has 0 aliphatic heterocycles. The van der Waals surface area contributed by atoms with Gasteiger partial charge in [-0.15, -0.1) is 0 Å². The summed E-state index contributed by atoms with van der Waals surface area (Å²) in [6.45, 7) is 29.2. The molecular weight excluding hydrogens is 867 g/mol. The normalized spacial score (nSPS) is 12.6. The molecule has 0 fully saturated rings. The molecule has 0 amide bonds. The summed E-state index contributed by atoms with van der Waals surface area (Å²) in [7, 11) is 0. The van der Waals surface area contributed by atoms with E-state index in [1.165, 1.54) is 11.1 Å². The molecule has 0 unspecified atom stereocenters. The summed E-state index contributed by atoms with van der Waals surface area (Å²) >= 11 is 0. The van der Waals surface area contributed by atoms with Gasteiger partial charge in [-0.25, -0.2) is 4.98 Å². The van der Waals surface area contributed by atoms with E-state index in [0.29, 0.717) is 11.4 Å². The van der Waals surface area contributed by atoms with Gasteiger partial charge < -0.3 is 9.52 Å². The number of phenolic OH excluding ortho intramolecular Hbond substituents is 1. The molecule has 1 N–H and O–H groups in total. The molecule has 0 radical (unpaired) electrons. The maximum absolute atomic E-state index is 12.8. The Morgan fingerprint density at radius 3 is 1.77 bits per heavy atom. The average molecular weight is 934 g/mol. The van der Waals surface area contributed by atoms with Crippen molar-refractivity contribution in [2.75, 3.05) is 0 Å². The van der Waals surface area contributed by atoms with Gasteiger partial charge in [0.2, 0.25) is 0 Å². The first-order valence-electron chi connectivity index (χ1n) is 25.3. The van der Waals surface area contributed by atoms with Crippen LogP contribution in [-0.2, 0) is 16.2 Å². The fraction of sp³-hybridized carbons (Fsp3) is 0.273. The van der Waals surface area contributed by atoms with Crippen LogP contribution in [0.4, 0.5) is 0 Å². The number of benzene rings is 7. The molecule has 3 heterocycles. The van der Waals surface area contributed by atoms with Gasteiger partial charge in [-0.1, -0.05) is 181 Å². The molecule has 0 saturated heterocycles. The molecule has 10 aromatic rings. The molecule has 0 atom stereocenters. The smallest absolute Gasteiger partial charge is 0.149 e. The molecule has 7 aromatic carbocycles. The third kappa shape index (κ3) is 8.64. The van der Waals surface area contributed by atoms with E-state index in [1.54, 1.807) is 0 Å². The monoisotopic (exact) mass is 934 g/mol. The topological polar surface area (TPSA) is 64.1 Å². The lowest BCUT2D eigenvalue weighted by molar-refractivity contribution is 0.446. The van der Waals surface area contributed by atoms with Gasteiger partial charge in [0.1, 0.15) is 22.7 Å². The Kier molecular flexibility index (Phi) is 11.7. The molecule has 0 saturated carbocycles. The van der Waals surface area contributed by atoms with E-state index in [0.717, 1.165) is 100.0 Å². The molecule has 358 valence electrons. The number of pyridine rings is 1. The Morgan fingerprint density at radius 1 is 0.521 bits per heavy atom. The first kappa shape index (κ1) is 47.4.